The Balaban J connectivity index is 2.06. The number of methoxy groups -OCH3 is 1. The van der Waals surface area contributed by atoms with Crippen LogP contribution in [0.2, 0.25) is 0 Å². The van der Waals surface area contributed by atoms with Crippen molar-refractivity contribution in [1.29, 1.82) is 0 Å². The number of sulfonamides is 1. The summed E-state index contributed by atoms with van der Waals surface area (Å²) in [6, 6.07) is 11.2. The van der Waals surface area contributed by atoms with Crippen LogP contribution in [0.3, 0.4) is 0 Å². The van der Waals surface area contributed by atoms with E-state index < -0.39 is 10.0 Å². The zero-order valence-electron chi connectivity index (χ0n) is 17.1. The van der Waals surface area contributed by atoms with Gasteiger partial charge in [0.1, 0.15) is 10.6 Å². The Morgan fingerprint density at radius 2 is 1.83 bits per heavy atom. The Hall–Kier alpha value is -3.33. The number of ether oxygens (including phenoxy) is 1. The Kier molecular flexibility index (Phi) is 6.41. The summed E-state index contributed by atoms with van der Waals surface area (Å²) in [4.78, 5) is 18.4. The minimum atomic E-state index is -3.99. The van der Waals surface area contributed by atoms with E-state index >= 15 is 0 Å². The molecule has 0 atom stereocenters. The molecule has 0 fully saturated rings. The summed E-state index contributed by atoms with van der Waals surface area (Å²) in [5.41, 5.74) is 1.08. The van der Waals surface area contributed by atoms with Gasteiger partial charge in [0.05, 0.1) is 19.1 Å². The van der Waals surface area contributed by atoms with E-state index in [-0.39, 0.29) is 10.8 Å². The molecule has 0 aliphatic rings. The number of rotatable bonds is 8. The first-order valence-electron chi connectivity index (χ1n) is 9.48. The van der Waals surface area contributed by atoms with Gasteiger partial charge in [-0.25, -0.2) is 13.4 Å². The maximum absolute atomic E-state index is 13.3. The molecular weight excluding hydrogens is 404 g/mol. The van der Waals surface area contributed by atoms with E-state index in [2.05, 4.69) is 9.71 Å². The molecule has 0 aliphatic heterocycles. The number of carbonyl (C=O) groups is 1. The van der Waals surface area contributed by atoms with Crippen molar-refractivity contribution in [3.05, 3.63) is 66.7 Å². The molecule has 30 heavy (non-hydrogen) atoms. The van der Waals surface area contributed by atoms with E-state index in [9.17, 15) is 13.2 Å². The van der Waals surface area contributed by atoms with E-state index in [0.29, 0.717) is 35.8 Å². The summed E-state index contributed by atoms with van der Waals surface area (Å²) < 4.78 is 35.8. The minimum absolute atomic E-state index is 0.0191. The first-order valence-corrected chi connectivity index (χ1v) is 11.0. The molecule has 0 radical (unpaired) electrons. The first-order chi connectivity index (χ1) is 14.4. The molecule has 1 aromatic heterocycles. The summed E-state index contributed by atoms with van der Waals surface area (Å²) in [7, 11) is -2.46. The topological polar surface area (TPSA) is 93.5 Å². The number of anilines is 1. The Morgan fingerprint density at radius 3 is 2.40 bits per heavy atom. The van der Waals surface area contributed by atoms with Crippen molar-refractivity contribution in [2.24, 2.45) is 0 Å². The highest BCUT2D eigenvalue weighted by Gasteiger charge is 2.23. The van der Waals surface area contributed by atoms with Crippen LogP contribution in [0.25, 0.3) is 5.69 Å². The van der Waals surface area contributed by atoms with Gasteiger partial charge in [0, 0.05) is 36.7 Å². The van der Waals surface area contributed by atoms with Crippen LogP contribution in [0.5, 0.6) is 5.75 Å². The lowest BCUT2D eigenvalue weighted by atomic mass is 10.1. The molecule has 0 unspecified atom stereocenters. The molecule has 8 nitrogen and oxygen atoms in total. The van der Waals surface area contributed by atoms with Crippen LogP contribution in [-0.2, 0) is 10.0 Å². The highest BCUT2D eigenvalue weighted by Crippen LogP contribution is 2.26. The molecular formula is C21H24N4O4S. The molecule has 1 N–H and O–H groups in total. The fourth-order valence-corrected chi connectivity index (χ4v) is 4.33. The van der Waals surface area contributed by atoms with E-state index in [1.54, 1.807) is 58.3 Å². The fourth-order valence-electron chi connectivity index (χ4n) is 3.04. The molecule has 3 aromatic rings. The quantitative estimate of drug-likeness (QED) is 0.595. The number of imidazole rings is 1. The van der Waals surface area contributed by atoms with Crippen LogP contribution in [0.4, 0.5) is 5.69 Å². The summed E-state index contributed by atoms with van der Waals surface area (Å²) >= 11 is 0. The Morgan fingerprint density at radius 1 is 1.13 bits per heavy atom. The van der Waals surface area contributed by atoms with Crippen molar-refractivity contribution in [3.8, 4) is 11.4 Å². The third kappa shape index (κ3) is 4.46. The van der Waals surface area contributed by atoms with Gasteiger partial charge in [-0.3, -0.25) is 9.52 Å². The summed E-state index contributed by atoms with van der Waals surface area (Å²) in [6.07, 6.45) is 4.71. The van der Waals surface area contributed by atoms with Gasteiger partial charge >= 0.3 is 0 Å². The van der Waals surface area contributed by atoms with Gasteiger partial charge in [0.2, 0.25) is 0 Å². The number of carbonyl (C=O) groups excluding carboxylic acids is 1. The molecule has 158 valence electrons. The van der Waals surface area contributed by atoms with Gasteiger partial charge in [-0.05, 0) is 56.3 Å². The summed E-state index contributed by atoms with van der Waals surface area (Å²) in [5, 5.41) is 0. The zero-order chi connectivity index (χ0) is 21.7. The monoisotopic (exact) mass is 428 g/mol. The number of nitrogens with one attached hydrogen (secondary N) is 1. The summed E-state index contributed by atoms with van der Waals surface area (Å²) in [6.45, 7) is 4.82. The normalized spacial score (nSPS) is 11.2. The molecule has 0 aliphatic carbocycles. The van der Waals surface area contributed by atoms with E-state index in [1.807, 2.05) is 13.8 Å². The number of nitrogens with zero attached hydrogens (tertiary/aromatic N) is 3. The van der Waals surface area contributed by atoms with Crippen LogP contribution in [-0.4, -0.2) is 49.0 Å². The predicted octanol–water partition coefficient (Wildman–Crippen LogP) is 3.16. The van der Waals surface area contributed by atoms with E-state index in [0.717, 1.165) is 0 Å². The third-order valence-electron chi connectivity index (χ3n) is 4.67. The molecule has 1 amide bonds. The molecule has 1 heterocycles. The molecule has 3 rings (SSSR count). The molecule has 0 saturated heterocycles. The molecule has 9 heteroatoms. The minimum Gasteiger partial charge on any atom is -0.497 e. The summed E-state index contributed by atoms with van der Waals surface area (Å²) in [5.74, 6) is 0.391. The second kappa shape index (κ2) is 9.00. The second-order valence-electron chi connectivity index (χ2n) is 6.46. The van der Waals surface area contributed by atoms with Crippen LogP contribution in [0.15, 0.2) is 66.1 Å². The first kappa shape index (κ1) is 21.4. The van der Waals surface area contributed by atoms with Gasteiger partial charge in [-0.1, -0.05) is 0 Å². The van der Waals surface area contributed by atoms with Crippen LogP contribution in [0.1, 0.15) is 24.2 Å². The standard InChI is InChI=1S/C21H24N4O4S/c1-4-24(5-2)21(26)16-6-11-19(25-13-12-22-15-25)20(14-16)30(27,28)23-17-7-9-18(29-3)10-8-17/h6-15,23H,4-5H2,1-3H3. The highest BCUT2D eigenvalue weighted by atomic mass is 32.2. The average Bonchev–Trinajstić information content (AvgIpc) is 3.29. The third-order valence-corrected chi connectivity index (χ3v) is 6.08. The van der Waals surface area contributed by atoms with Crippen molar-refractivity contribution in [3.63, 3.8) is 0 Å². The van der Waals surface area contributed by atoms with Crippen LogP contribution >= 0.6 is 0 Å². The lowest BCUT2D eigenvalue weighted by Crippen LogP contribution is -2.30. The Labute approximate surface area is 176 Å². The van der Waals surface area contributed by atoms with Gasteiger partial charge in [0.15, 0.2) is 0 Å². The van der Waals surface area contributed by atoms with Crippen molar-refractivity contribution in [1.82, 2.24) is 14.5 Å². The Bertz CT molecular complexity index is 1110. The van der Waals surface area contributed by atoms with E-state index in [4.69, 9.17) is 4.74 Å². The number of amides is 1. The number of aromatic nitrogens is 2. The molecule has 0 bridgehead atoms. The number of hydrogen-bond acceptors (Lipinski definition) is 5. The lowest BCUT2D eigenvalue weighted by Gasteiger charge is -2.20. The zero-order valence-corrected chi connectivity index (χ0v) is 17.9. The average molecular weight is 429 g/mol. The predicted molar refractivity (Wildman–Crippen MR) is 115 cm³/mol. The number of benzene rings is 2. The lowest BCUT2D eigenvalue weighted by molar-refractivity contribution is 0.0772. The largest absolute Gasteiger partial charge is 0.497 e. The highest BCUT2D eigenvalue weighted by molar-refractivity contribution is 7.92. The second-order valence-corrected chi connectivity index (χ2v) is 8.11. The van der Waals surface area contributed by atoms with Crippen molar-refractivity contribution < 1.29 is 17.9 Å². The number of hydrogen-bond donors (Lipinski definition) is 1. The van der Waals surface area contributed by atoms with Crippen LogP contribution in [0, 0.1) is 0 Å². The van der Waals surface area contributed by atoms with Crippen molar-refractivity contribution in [2.45, 2.75) is 18.7 Å². The van der Waals surface area contributed by atoms with Crippen molar-refractivity contribution in [2.75, 3.05) is 24.9 Å². The smallest absolute Gasteiger partial charge is 0.264 e. The van der Waals surface area contributed by atoms with Crippen molar-refractivity contribution >= 4 is 21.6 Å². The van der Waals surface area contributed by atoms with E-state index in [1.165, 1.54) is 19.5 Å². The maximum atomic E-state index is 13.3. The molecule has 0 spiro atoms. The maximum Gasteiger partial charge on any atom is 0.264 e. The van der Waals surface area contributed by atoms with Gasteiger partial charge in [-0.15, -0.1) is 0 Å². The van der Waals surface area contributed by atoms with Gasteiger partial charge < -0.3 is 14.2 Å². The molecule has 0 saturated carbocycles. The van der Waals surface area contributed by atoms with Crippen LogP contribution < -0.4 is 9.46 Å². The SMILES string of the molecule is CCN(CC)C(=O)c1ccc(-n2ccnc2)c(S(=O)(=O)Nc2ccc(OC)cc2)c1. The fraction of sp³-hybridized carbons (Fsp3) is 0.238. The molecule has 2 aromatic carbocycles. The van der Waals surface area contributed by atoms with Gasteiger partial charge in [-0.2, -0.15) is 0 Å². The van der Waals surface area contributed by atoms with Gasteiger partial charge in [0.25, 0.3) is 15.9 Å².